The number of hydrogen-bond donors (Lipinski definition) is 1. The molecule has 3 rings (SSSR count). The molecule has 0 saturated heterocycles. The summed E-state index contributed by atoms with van der Waals surface area (Å²) in [5.41, 5.74) is 4.74. The summed E-state index contributed by atoms with van der Waals surface area (Å²) in [5, 5.41) is 3.45. The van der Waals surface area contributed by atoms with Crippen molar-refractivity contribution in [2.24, 2.45) is 0 Å². The van der Waals surface area contributed by atoms with Crippen LogP contribution in [0.4, 0.5) is 5.82 Å². The lowest BCUT2D eigenvalue weighted by Crippen LogP contribution is -2.05. The van der Waals surface area contributed by atoms with E-state index in [0.717, 1.165) is 17.3 Å². The highest BCUT2D eigenvalue weighted by Gasteiger charge is 2.21. The maximum atomic E-state index is 4.57. The second-order valence-corrected chi connectivity index (χ2v) is 5.42. The molecule has 1 N–H and O–H groups in total. The Labute approximate surface area is 114 Å². The molecule has 1 saturated carbocycles. The van der Waals surface area contributed by atoms with Gasteiger partial charge in [-0.05, 0) is 39.2 Å². The van der Waals surface area contributed by atoms with Gasteiger partial charge < -0.3 is 5.32 Å². The van der Waals surface area contributed by atoms with E-state index in [9.17, 15) is 0 Å². The molecule has 98 valence electrons. The van der Waals surface area contributed by atoms with Gasteiger partial charge >= 0.3 is 0 Å². The monoisotopic (exact) mass is 253 g/mol. The minimum Gasteiger partial charge on any atom is -0.367 e. The summed E-state index contributed by atoms with van der Waals surface area (Å²) in [5.74, 6) is 1.77. The van der Waals surface area contributed by atoms with Gasteiger partial charge in [-0.1, -0.05) is 23.8 Å². The van der Waals surface area contributed by atoms with Crippen molar-refractivity contribution in [2.45, 2.75) is 39.7 Å². The number of benzene rings is 1. The lowest BCUT2D eigenvalue weighted by Gasteiger charge is -2.10. The number of anilines is 1. The van der Waals surface area contributed by atoms with Crippen molar-refractivity contribution < 1.29 is 0 Å². The molecule has 1 aromatic carbocycles. The van der Waals surface area contributed by atoms with Crippen LogP contribution in [0.15, 0.2) is 24.3 Å². The maximum Gasteiger partial charge on any atom is 0.130 e. The van der Waals surface area contributed by atoms with Gasteiger partial charge in [0.1, 0.15) is 11.6 Å². The van der Waals surface area contributed by atoms with Crippen molar-refractivity contribution in [3.05, 3.63) is 41.2 Å². The van der Waals surface area contributed by atoms with Gasteiger partial charge in [0.15, 0.2) is 0 Å². The standard InChI is InChI=1S/C16H19N3/c1-10-4-7-14(11(2)8-10)15-9-16(18-12(3)17-15)19-13-5-6-13/h4,7-9,13H,5-6H2,1-3H3,(H,17,18,19). The predicted molar refractivity (Wildman–Crippen MR) is 78.3 cm³/mol. The van der Waals surface area contributed by atoms with Gasteiger partial charge in [-0.15, -0.1) is 0 Å². The number of aromatic nitrogens is 2. The summed E-state index contributed by atoms with van der Waals surface area (Å²) in [6.45, 7) is 6.20. The van der Waals surface area contributed by atoms with Gasteiger partial charge in [-0.2, -0.15) is 0 Å². The summed E-state index contributed by atoms with van der Waals surface area (Å²) < 4.78 is 0. The molecule has 0 amide bonds. The fourth-order valence-corrected chi connectivity index (χ4v) is 2.32. The van der Waals surface area contributed by atoms with E-state index in [0.29, 0.717) is 6.04 Å². The van der Waals surface area contributed by atoms with E-state index in [1.165, 1.54) is 29.5 Å². The van der Waals surface area contributed by atoms with E-state index >= 15 is 0 Å². The Hall–Kier alpha value is -1.90. The first-order valence-electron chi connectivity index (χ1n) is 6.81. The average Bonchev–Trinajstić information content (AvgIpc) is 3.12. The summed E-state index contributed by atoms with van der Waals surface area (Å²) >= 11 is 0. The minimum absolute atomic E-state index is 0.612. The van der Waals surface area contributed by atoms with Crippen LogP contribution in [0.2, 0.25) is 0 Å². The molecule has 1 heterocycles. The van der Waals surface area contributed by atoms with Crippen molar-refractivity contribution in [3.63, 3.8) is 0 Å². The number of aryl methyl sites for hydroxylation is 3. The zero-order valence-electron chi connectivity index (χ0n) is 11.7. The number of hydrogen-bond acceptors (Lipinski definition) is 3. The predicted octanol–water partition coefficient (Wildman–Crippen LogP) is 3.64. The van der Waals surface area contributed by atoms with E-state index in [1.807, 2.05) is 6.92 Å². The first kappa shape index (κ1) is 12.2. The highest BCUT2D eigenvalue weighted by Crippen LogP contribution is 2.27. The molecule has 0 spiro atoms. The third-order valence-corrected chi connectivity index (χ3v) is 3.43. The third-order valence-electron chi connectivity index (χ3n) is 3.43. The Kier molecular flexibility index (Phi) is 2.97. The largest absolute Gasteiger partial charge is 0.367 e. The van der Waals surface area contributed by atoms with Crippen LogP contribution in [-0.4, -0.2) is 16.0 Å². The van der Waals surface area contributed by atoms with Crippen molar-refractivity contribution in [3.8, 4) is 11.3 Å². The molecule has 0 aliphatic heterocycles. The van der Waals surface area contributed by atoms with E-state index in [1.54, 1.807) is 0 Å². The van der Waals surface area contributed by atoms with Crippen molar-refractivity contribution in [2.75, 3.05) is 5.32 Å². The Morgan fingerprint density at radius 3 is 2.53 bits per heavy atom. The second kappa shape index (κ2) is 4.65. The number of rotatable bonds is 3. The molecule has 1 fully saturated rings. The van der Waals surface area contributed by atoms with Crippen LogP contribution in [0.1, 0.15) is 29.8 Å². The molecule has 1 aliphatic rings. The normalized spacial score (nSPS) is 14.5. The van der Waals surface area contributed by atoms with Gasteiger partial charge in [-0.3, -0.25) is 0 Å². The first-order valence-corrected chi connectivity index (χ1v) is 6.81. The van der Waals surface area contributed by atoms with Crippen LogP contribution in [0.25, 0.3) is 11.3 Å². The lowest BCUT2D eigenvalue weighted by molar-refractivity contribution is 1.02. The number of nitrogens with zero attached hydrogens (tertiary/aromatic N) is 2. The van der Waals surface area contributed by atoms with E-state index in [2.05, 4.69) is 53.4 Å². The first-order chi connectivity index (χ1) is 9.11. The quantitative estimate of drug-likeness (QED) is 0.907. The minimum atomic E-state index is 0.612. The average molecular weight is 253 g/mol. The zero-order valence-corrected chi connectivity index (χ0v) is 11.7. The molecule has 1 aromatic heterocycles. The zero-order chi connectivity index (χ0) is 13.4. The molecule has 3 heteroatoms. The fourth-order valence-electron chi connectivity index (χ4n) is 2.32. The second-order valence-electron chi connectivity index (χ2n) is 5.42. The Balaban J connectivity index is 2.00. The molecule has 0 radical (unpaired) electrons. The van der Waals surface area contributed by atoms with Crippen molar-refractivity contribution >= 4 is 5.82 Å². The molecule has 3 nitrogen and oxygen atoms in total. The fraction of sp³-hybridized carbons (Fsp3) is 0.375. The van der Waals surface area contributed by atoms with Gasteiger partial charge in [0.2, 0.25) is 0 Å². The smallest absolute Gasteiger partial charge is 0.130 e. The van der Waals surface area contributed by atoms with Crippen LogP contribution in [-0.2, 0) is 0 Å². The van der Waals surface area contributed by atoms with Crippen LogP contribution in [0, 0.1) is 20.8 Å². The molecule has 19 heavy (non-hydrogen) atoms. The van der Waals surface area contributed by atoms with Gasteiger partial charge in [0.25, 0.3) is 0 Å². The van der Waals surface area contributed by atoms with Crippen molar-refractivity contribution in [1.82, 2.24) is 9.97 Å². The third kappa shape index (κ3) is 2.75. The van der Waals surface area contributed by atoms with E-state index < -0.39 is 0 Å². The molecule has 0 atom stereocenters. The highest BCUT2D eigenvalue weighted by atomic mass is 15.1. The Morgan fingerprint density at radius 2 is 1.84 bits per heavy atom. The summed E-state index contributed by atoms with van der Waals surface area (Å²) in [4.78, 5) is 9.04. The SMILES string of the molecule is Cc1ccc(-c2cc(NC3CC3)nc(C)n2)c(C)c1. The molecule has 1 aliphatic carbocycles. The maximum absolute atomic E-state index is 4.57. The summed E-state index contributed by atoms with van der Waals surface area (Å²) in [7, 11) is 0. The van der Waals surface area contributed by atoms with E-state index in [-0.39, 0.29) is 0 Å². The van der Waals surface area contributed by atoms with Gasteiger partial charge in [0, 0.05) is 17.7 Å². The molecular formula is C16H19N3. The Morgan fingerprint density at radius 1 is 1.05 bits per heavy atom. The van der Waals surface area contributed by atoms with Crippen LogP contribution in [0.3, 0.4) is 0 Å². The van der Waals surface area contributed by atoms with Gasteiger partial charge in [0.05, 0.1) is 5.69 Å². The molecular weight excluding hydrogens is 234 g/mol. The summed E-state index contributed by atoms with van der Waals surface area (Å²) in [6.07, 6.45) is 2.50. The van der Waals surface area contributed by atoms with Crippen molar-refractivity contribution in [1.29, 1.82) is 0 Å². The lowest BCUT2D eigenvalue weighted by atomic mass is 10.0. The van der Waals surface area contributed by atoms with Crippen LogP contribution >= 0.6 is 0 Å². The van der Waals surface area contributed by atoms with E-state index in [4.69, 9.17) is 0 Å². The summed E-state index contributed by atoms with van der Waals surface area (Å²) in [6, 6.07) is 9.14. The number of nitrogens with one attached hydrogen (secondary N) is 1. The topological polar surface area (TPSA) is 37.8 Å². The van der Waals surface area contributed by atoms with Gasteiger partial charge in [-0.25, -0.2) is 9.97 Å². The Bertz CT molecular complexity index is 615. The molecule has 2 aromatic rings. The molecule has 0 bridgehead atoms. The van der Waals surface area contributed by atoms with Crippen LogP contribution in [0.5, 0.6) is 0 Å². The van der Waals surface area contributed by atoms with Crippen LogP contribution < -0.4 is 5.32 Å². The highest BCUT2D eigenvalue weighted by molar-refractivity contribution is 5.66. The molecule has 0 unspecified atom stereocenters.